The van der Waals surface area contributed by atoms with E-state index < -0.39 is 0 Å². The summed E-state index contributed by atoms with van der Waals surface area (Å²) in [6.45, 7) is 8.04. The Morgan fingerprint density at radius 3 is 2.36 bits per heavy atom. The van der Waals surface area contributed by atoms with Gasteiger partial charge >= 0.3 is 5.97 Å². The summed E-state index contributed by atoms with van der Waals surface area (Å²) in [7, 11) is 0. The van der Waals surface area contributed by atoms with Gasteiger partial charge in [-0.05, 0) is 57.5 Å². The molecule has 0 fully saturated rings. The zero-order valence-electron chi connectivity index (χ0n) is 19.3. The number of aryl methyl sites for hydroxylation is 2. The molecule has 0 saturated carbocycles. The first-order chi connectivity index (χ1) is 15.9. The van der Waals surface area contributed by atoms with Gasteiger partial charge in [0.05, 0.1) is 17.7 Å². The molecule has 0 aliphatic carbocycles. The molecule has 168 valence electrons. The maximum Gasteiger partial charge on any atom is 0.340 e. The molecule has 1 aromatic heterocycles. The molecule has 0 atom stereocenters. The molecular weight excluding hydrogens is 414 g/mol. The van der Waals surface area contributed by atoms with Gasteiger partial charge in [-0.15, -0.1) is 0 Å². The molecule has 0 radical (unpaired) electrons. The SMILES string of the molecule is CCOC(=O)c1c(C)n(-c2ccc(C)cc2C)c2ccc(OCC(=O)c3ccccc3)cc12. The second-order valence-corrected chi connectivity index (χ2v) is 8.06. The third-order valence-corrected chi connectivity index (χ3v) is 5.71. The van der Waals surface area contributed by atoms with Gasteiger partial charge in [0.1, 0.15) is 5.75 Å². The molecule has 1 heterocycles. The van der Waals surface area contributed by atoms with Crippen molar-refractivity contribution in [3.05, 3.63) is 94.7 Å². The Labute approximate surface area is 193 Å². The van der Waals surface area contributed by atoms with E-state index in [-0.39, 0.29) is 25.0 Å². The van der Waals surface area contributed by atoms with E-state index in [1.165, 1.54) is 5.56 Å². The van der Waals surface area contributed by atoms with Gasteiger partial charge in [-0.2, -0.15) is 0 Å². The van der Waals surface area contributed by atoms with Crippen LogP contribution in [0.5, 0.6) is 5.75 Å². The molecule has 0 N–H and O–H groups in total. The average Bonchev–Trinajstić information content (AvgIpc) is 3.09. The number of aromatic nitrogens is 1. The Morgan fingerprint density at radius 2 is 1.67 bits per heavy atom. The van der Waals surface area contributed by atoms with Crippen LogP contribution in [0.1, 0.15) is 44.5 Å². The van der Waals surface area contributed by atoms with Crippen molar-refractivity contribution in [3.63, 3.8) is 0 Å². The minimum absolute atomic E-state index is 0.0823. The predicted octanol–water partition coefficient (Wildman–Crippen LogP) is 5.99. The summed E-state index contributed by atoms with van der Waals surface area (Å²) in [5.74, 6) is 0.0430. The van der Waals surface area contributed by atoms with Gasteiger partial charge < -0.3 is 14.0 Å². The Kier molecular flexibility index (Phi) is 6.31. The molecule has 4 rings (SSSR count). The molecule has 0 aliphatic heterocycles. The van der Waals surface area contributed by atoms with Crippen LogP contribution in [0.15, 0.2) is 66.7 Å². The van der Waals surface area contributed by atoms with E-state index in [4.69, 9.17) is 9.47 Å². The van der Waals surface area contributed by atoms with Gasteiger partial charge in [0.25, 0.3) is 0 Å². The fourth-order valence-corrected chi connectivity index (χ4v) is 4.17. The minimum Gasteiger partial charge on any atom is -0.485 e. The molecule has 5 nitrogen and oxygen atoms in total. The third-order valence-electron chi connectivity index (χ3n) is 5.71. The van der Waals surface area contributed by atoms with E-state index in [9.17, 15) is 9.59 Å². The molecule has 33 heavy (non-hydrogen) atoms. The summed E-state index contributed by atoms with van der Waals surface area (Å²) in [4.78, 5) is 25.3. The van der Waals surface area contributed by atoms with Crippen LogP contribution < -0.4 is 4.74 Å². The first-order valence-electron chi connectivity index (χ1n) is 11.0. The largest absolute Gasteiger partial charge is 0.485 e. The van der Waals surface area contributed by atoms with Gasteiger partial charge in [0, 0.05) is 22.3 Å². The summed E-state index contributed by atoms with van der Waals surface area (Å²) in [5.41, 5.74) is 6.08. The van der Waals surface area contributed by atoms with Crippen LogP contribution in [0, 0.1) is 20.8 Å². The average molecular weight is 442 g/mol. The number of Topliss-reactive ketones (excluding diaryl/α,β-unsaturated/α-hetero) is 1. The van der Waals surface area contributed by atoms with Crippen molar-refractivity contribution in [2.45, 2.75) is 27.7 Å². The van der Waals surface area contributed by atoms with Crippen molar-refractivity contribution < 1.29 is 19.1 Å². The summed E-state index contributed by atoms with van der Waals surface area (Å²) < 4.78 is 13.3. The van der Waals surface area contributed by atoms with Crippen LogP contribution in [0.3, 0.4) is 0 Å². The Bertz CT molecular complexity index is 1340. The lowest BCUT2D eigenvalue weighted by atomic mass is 10.1. The van der Waals surface area contributed by atoms with Crippen LogP contribution in [0.4, 0.5) is 0 Å². The van der Waals surface area contributed by atoms with Gasteiger partial charge in [0.15, 0.2) is 12.4 Å². The van der Waals surface area contributed by atoms with Crippen molar-refractivity contribution in [3.8, 4) is 11.4 Å². The summed E-state index contributed by atoms with van der Waals surface area (Å²) in [6, 6.07) is 20.9. The van der Waals surface area contributed by atoms with E-state index in [1.807, 2.05) is 43.3 Å². The highest BCUT2D eigenvalue weighted by atomic mass is 16.5. The first-order valence-corrected chi connectivity index (χ1v) is 11.0. The van der Waals surface area contributed by atoms with Gasteiger partial charge in [-0.3, -0.25) is 4.79 Å². The Hall–Kier alpha value is -3.86. The summed E-state index contributed by atoms with van der Waals surface area (Å²) >= 11 is 0. The maximum atomic E-state index is 12.9. The second-order valence-electron chi connectivity index (χ2n) is 8.06. The van der Waals surface area contributed by atoms with Crippen molar-refractivity contribution in [2.75, 3.05) is 13.2 Å². The standard InChI is InChI=1S/C28H27NO4/c1-5-32-28(31)27-20(4)29(24-13-11-18(2)15-19(24)3)25-14-12-22(16-23(25)27)33-17-26(30)21-9-7-6-8-10-21/h6-16H,5,17H2,1-4H3. The smallest absolute Gasteiger partial charge is 0.340 e. The van der Waals surface area contributed by atoms with E-state index in [0.717, 1.165) is 27.8 Å². The molecule has 5 heteroatoms. The molecule has 4 aromatic rings. The van der Waals surface area contributed by atoms with Gasteiger partial charge in [0.2, 0.25) is 0 Å². The number of carbonyl (C=O) groups excluding carboxylic acids is 2. The number of esters is 1. The number of carbonyl (C=O) groups is 2. The molecule has 0 spiro atoms. The molecule has 0 bridgehead atoms. The summed E-state index contributed by atoms with van der Waals surface area (Å²) in [6.07, 6.45) is 0. The number of hydrogen-bond donors (Lipinski definition) is 0. The zero-order chi connectivity index (χ0) is 23.5. The Balaban J connectivity index is 1.77. The number of fused-ring (bicyclic) bond motifs is 1. The van der Waals surface area contributed by atoms with Crippen molar-refractivity contribution in [1.29, 1.82) is 0 Å². The van der Waals surface area contributed by atoms with Crippen molar-refractivity contribution >= 4 is 22.7 Å². The highest BCUT2D eigenvalue weighted by Gasteiger charge is 2.23. The molecular formula is C28H27NO4. The predicted molar refractivity (Wildman–Crippen MR) is 130 cm³/mol. The van der Waals surface area contributed by atoms with Crippen LogP contribution in [-0.2, 0) is 4.74 Å². The highest BCUT2D eigenvalue weighted by molar-refractivity contribution is 6.07. The topological polar surface area (TPSA) is 57.5 Å². The van der Waals surface area contributed by atoms with Crippen LogP contribution in [0.25, 0.3) is 16.6 Å². The minimum atomic E-state index is -0.374. The Morgan fingerprint density at radius 1 is 0.909 bits per heavy atom. The fraction of sp³-hybridized carbons (Fsp3) is 0.214. The molecule has 0 saturated heterocycles. The lowest BCUT2D eigenvalue weighted by Gasteiger charge is -2.13. The number of nitrogens with zero attached hydrogens (tertiary/aromatic N) is 1. The van der Waals surface area contributed by atoms with Crippen molar-refractivity contribution in [1.82, 2.24) is 4.57 Å². The monoisotopic (exact) mass is 441 g/mol. The number of hydrogen-bond acceptors (Lipinski definition) is 4. The van der Waals surface area contributed by atoms with Crippen LogP contribution >= 0.6 is 0 Å². The lowest BCUT2D eigenvalue weighted by molar-refractivity contribution is 0.0527. The number of rotatable bonds is 7. The molecule has 0 unspecified atom stereocenters. The van der Waals surface area contributed by atoms with E-state index in [1.54, 1.807) is 19.1 Å². The maximum absolute atomic E-state index is 12.9. The molecule has 3 aromatic carbocycles. The van der Waals surface area contributed by atoms with E-state index in [0.29, 0.717) is 16.9 Å². The summed E-state index contributed by atoms with van der Waals surface area (Å²) in [5, 5.41) is 0.732. The van der Waals surface area contributed by atoms with Gasteiger partial charge in [-0.25, -0.2) is 4.79 Å². The molecule has 0 amide bonds. The number of ketones is 1. The molecule has 0 aliphatic rings. The van der Waals surface area contributed by atoms with E-state index in [2.05, 4.69) is 36.6 Å². The quantitative estimate of drug-likeness (QED) is 0.261. The first kappa shape index (κ1) is 22.3. The zero-order valence-corrected chi connectivity index (χ0v) is 19.3. The number of benzene rings is 3. The number of ether oxygens (including phenoxy) is 2. The van der Waals surface area contributed by atoms with E-state index >= 15 is 0 Å². The van der Waals surface area contributed by atoms with Gasteiger partial charge in [-0.1, -0.05) is 48.0 Å². The van der Waals surface area contributed by atoms with Crippen LogP contribution in [0.2, 0.25) is 0 Å². The normalized spacial score (nSPS) is 10.9. The lowest BCUT2D eigenvalue weighted by Crippen LogP contribution is -2.11. The van der Waals surface area contributed by atoms with Crippen LogP contribution in [-0.4, -0.2) is 29.5 Å². The second kappa shape index (κ2) is 9.33. The highest BCUT2D eigenvalue weighted by Crippen LogP contribution is 2.33. The fourth-order valence-electron chi connectivity index (χ4n) is 4.17. The third kappa shape index (κ3) is 4.40. The van der Waals surface area contributed by atoms with Crippen molar-refractivity contribution in [2.24, 2.45) is 0 Å².